The van der Waals surface area contributed by atoms with Gasteiger partial charge in [-0.1, -0.05) is 25.1 Å². The summed E-state index contributed by atoms with van der Waals surface area (Å²) >= 11 is 0. The first-order valence-electron chi connectivity index (χ1n) is 8.74. The van der Waals surface area contributed by atoms with Crippen LogP contribution >= 0.6 is 0 Å². The lowest BCUT2D eigenvalue weighted by atomic mass is 10.0. The Kier molecular flexibility index (Phi) is 6.29. The van der Waals surface area contributed by atoms with Crippen molar-refractivity contribution in [2.45, 2.75) is 31.8 Å². The van der Waals surface area contributed by atoms with Crippen LogP contribution in [0.25, 0.3) is 0 Å². The van der Waals surface area contributed by atoms with Crippen molar-refractivity contribution < 1.29 is 9.53 Å². The number of hydrazone groups is 1. The summed E-state index contributed by atoms with van der Waals surface area (Å²) in [7, 11) is 0. The topological polar surface area (TPSA) is 87.6 Å². The van der Waals surface area contributed by atoms with Crippen LogP contribution in [0.2, 0.25) is 0 Å². The molecule has 3 rings (SSSR count). The van der Waals surface area contributed by atoms with E-state index >= 15 is 0 Å². The first-order chi connectivity index (χ1) is 12.8. The molecule has 2 atom stereocenters. The second kappa shape index (κ2) is 9.07. The van der Waals surface area contributed by atoms with E-state index in [1.807, 2.05) is 42.5 Å². The van der Waals surface area contributed by atoms with Crippen LogP contribution in [-0.4, -0.2) is 29.8 Å². The van der Waals surface area contributed by atoms with Crippen LogP contribution in [0.4, 0.5) is 0 Å². The second-order valence-electron chi connectivity index (χ2n) is 6.04. The Morgan fingerprint density at radius 1 is 1.31 bits per heavy atom. The van der Waals surface area contributed by atoms with Gasteiger partial charge >= 0.3 is 0 Å². The molecule has 1 aliphatic rings. The Morgan fingerprint density at radius 3 is 2.88 bits per heavy atom. The minimum absolute atomic E-state index is 0.0609. The lowest BCUT2D eigenvalue weighted by Crippen LogP contribution is -2.41. The highest BCUT2D eigenvalue weighted by atomic mass is 16.5. The normalized spacial score (nSPS) is 19.6. The molecule has 1 fully saturated rings. The van der Waals surface area contributed by atoms with E-state index in [0.29, 0.717) is 18.7 Å². The molecule has 0 bridgehead atoms. The van der Waals surface area contributed by atoms with Gasteiger partial charge in [-0.25, -0.2) is 16.3 Å². The summed E-state index contributed by atoms with van der Waals surface area (Å²) in [6, 6.07) is 13.2. The maximum Gasteiger partial charge on any atom is 0.258 e. The van der Waals surface area contributed by atoms with E-state index in [1.54, 1.807) is 6.20 Å². The highest BCUT2D eigenvalue weighted by Crippen LogP contribution is 2.24. The van der Waals surface area contributed by atoms with Gasteiger partial charge in [0.2, 0.25) is 0 Å². The molecule has 7 heteroatoms. The fourth-order valence-electron chi connectivity index (χ4n) is 2.66. The average Bonchev–Trinajstić information content (AvgIpc) is 3.18. The fourth-order valence-corrected chi connectivity index (χ4v) is 2.66. The maximum absolute atomic E-state index is 12.2. The monoisotopic (exact) mass is 353 g/mol. The van der Waals surface area contributed by atoms with Crippen molar-refractivity contribution in [1.29, 1.82) is 0 Å². The van der Waals surface area contributed by atoms with Gasteiger partial charge in [-0.15, -0.1) is 0 Å². The number of nitrogens with zero attached hydrogens (tertiary/aromatic N) is 2. The molecular formula is C19H23N5O2. The van der Waals surface area contributed by atoms with Crippen LogP contribution < -0.4 is 21.0 Å². The van der Waals surface area contributed by atoms with Gasteiger partial charge in [0, 0.05) is 12.2 Å². The molecule has 0 aliphatic carbocycles. The molecule has 26 heavy (non-hydrogen) atoms. The Balaban J connectivity index is 1.49. The number of ether oxygens (including phenoxy) is 1. The molecule has 1 aromatic carbocycles. The minimum Gasteiger partial charge on any atom is -0.494 e. The smallest absolute Gasteiger partial charge is 0.258 e. The van der Waals surface area contributed by atoms with Gasteiger partial charge in [0.15, 0.2) is 0 Å². The number of aromatic nitrogens is 1. The quantitative estimate of drug-likeness (QED) is 0.523. The molecule has 3 N–H and O–H groups in total. The number of benzene rings is 1. The molecule has 0 saturated carbocycles. The van der Waals surface area contributed by atoms with Gasteiger partial charge in [0.25, 0.3) is 5.91 Å². The summed E-state index contributed by atoms with van der Waals surface area (Å²) in [4.78, 5) is 16.3. The summed E-state index contributed by atoms with van der Waals surface area (Å²) in [5.41, 5.74) is 10.5. The van der Waals surface area contributed by atoms with Gasteiger partial charge in [-0.05, 0) is 42.7 Å². The number of amides is 1. The van der Waals surface area contributed by atoms with Gasteiger partial charge < -0.3 is 4.74 Å². The van der Waals surface area contributed by atoms with Gasteiger partial charge in [-0.2, -0.15) is 5.10 Å². The average molecular weight is 353 g/mol. The summed E-state index contributed by atoms with van der Waals surface area (Å²) in [6.45, 7) is 2.79. The van der Waals surface area contributed by atoms with E-state index < -0.39 is 0 Å². The number of nitrogens with one attached hydrogen (secondary N) is 3. The van der Waals surface area contributed by atoms with Crippen LogP contribution in [0, 0.1) is 0 Å². The zero-order valence-electron chi connectivity index (χ0n) is 14.7. The third-order valence-corrected chi connectivity index (χ3v) is 4.03. The predicted octanol–water partition coefficient (Wildman–Crippen LogP) is 1.93. The zero-order valence-corrected chi connectivity index (χ0v) is 14.7. The molecule has 7 nitrogen and oxygen atoms in total. The number of hydrogen-bond acceptors (Lipinski definition) is 6. The van der Waals surface area contributed by atoms with Crippen molar-refractivity contribution in [3.63, 3.8) is 0 Å². The van der Waals surface area contributed by atoms with Crippen molar-refractivity contribution in [3.05, 3.63) is 59.9 Å². The van der Waals surface area contributed by atoms with Gasteiger partial charge in [0.1, 0.15) is 11.8 Å². The molecule has 2 heterocycles. The number of hydrazine groups is 1. The Labute approximate surface area is 152 Å². The summed E-state index contributed by atoms with van der Waals surface area (Å²) in [6.07, 6.45) is 4.82. The lowest BCUT2D eigenvalue weighted by molar-refractivity contribution is -0.122. The number of pyridine rings is 1. The Bertz CT molecular complexity index is 733. The zero-order chi connectivity index (χ0) is 18.2. The van der Waals surface area contributed by atoms with Crippen LogP contribution in [0.5, 0.6) is 5.75 Å². The molecule has 0 spiro atoms. The van der Waals surface area contributed by atoms with E-state index in [2.05, 4.69) is 33.3 Å². The largest absolute Gasteiger partial charge is 0.494 e. The number of hydrogen-bond donors (Lipinski definition) is 3. The van der Waals surface area contributed by atoms with Gasteiger partial charge in [-0.3, -0.25) is 9.78 Å². The first-order valence-corrected chi connectivity index (χ1v) is 8.74. The summed E-state index contributed by atoms with van der Waals surface area (Å²) < 4.78 is 5.59. The number of carbonyl (C=O) groups is 1. The Morgan fingerprint density at radius 2 is 2.15 bits per heavy atom. The van der Waals surface area contributed by atoms with Crippen molar-refractivity contribution in [1.82, 2.24) is 21.3 Å². The summed E-state index contributed by atoms with van der Waals surface area (Å²) in [5, 5.41) is 3.95. The highest BCUT2D eigenvalue weighted by molar-refractivity contribution is 5.84. The third-order valence-electron chi connectivity index (χ3n) is 4.03. The van der Waals surface area contributed by atoms with Crippen molar-refractivity contribution >= 4 is 12.1 Å². The maximum atomic E-state index is 12.2. The van der Waals surface area contributed by atoms with Gasteiger partial charge in [0.05, 0.1) is 18.5 Å². The molecule has 0 radical (unpaired) electrons. The van der Waals surface area contributed by atoms with Crippen LogP contribution in [0.1, 0.15) is 37.1 Å². The SMILES string of the molecule is CCCOc1ccc(C2CC(C(=O)N/N=C/c3ccccn3)NN2)cc1. The molecule has 1 aromatic heterocycles. The molecule has 2 aromatic rings. The second-order valence-corrected chi connectivity index (χ2v) is 6.04. The van der Waals surface area contributed by atoms with Crippen LogP contribution in [-0.2, 0) is 4.79 Å². The van der Waals surface area contributed by atoms with E-state index in [0.717, 1.165) is 17.7 Å². The van der Waals surface area contributed by atoms with E-state index in [-0.39, 0.29) is 18.0 Å². The number of carbonyl (C=O) groups excluding carboxylic acids is 1. The van der Waals surface area contributed by atoms with Crippen molar-refractivity contribution in [2.24, 2.45) is 5.10 Å². The first kappa shape index (κ1) is 18.0. The van der Waals surface area contributed by atoms with Crippen molar-refractivity contribution in [3.8, 4) is 5.75 Å². The predicted molar refractivity (Wildman–Crippen MR) is 99.6 cm³/mol. The molecular weight excluding hydrogens is 330 g/mol. The molecule has 1 amide bonds. The third kappa shape index (κ3) is 4.87. The number of rotatable bonds is 7. The molecule has 1 saturated heterocycles. The van der Waals surface area contributed by atoms with E-state index in [9.17, 15) is 4.79 Å². The lowest BCUT2D eigenvalue weighted by Gasteiger charge is -2.11. The van der Waals surface area contributed by atoms with E-state index in [1.165, 1.54) is 6.21 Å². The molecule has 136 valence electrons. The highest BCUT2D eigenvalue weighted by Gasteiger charge is 2.29. The standard InChI is InChI=1S/C19H23N5O2/c1-2-11-26-16-8-6-14(7-9-16)17-12-18(23-22-17)19(25)24-21-13-15-5-3-4-10-20-15/h3-10,13,17-18,22-23H,2,11-12H2,1H3,(H,24,25)/b21-13+. The fraction of sp³-hybridized carbons (Fsp3) is 0.316. The van der Waals surface area contributed by atoms with Crippen LogP contribution in [0.15, 0.2) is 53.8 Å². The van der Waals surface area contributed by atoms with Crippen molar-refractivity contribution in [2.75, 3.05) is 6.61 Å². The molecule has 2 unspecified atom stereocenters. The summed E-state index contributed by atoms with van der Waals surface area (Å²) in [5.74, 6) is 0.676. The van der Waals surface area contributed by atoms with Crippen LogP contribution in [0.3, 0.4) is 0 Å². The molecule has 1 aliphatic heterocycles. The Hall–Kier alpha value is -2.77. The van der Waals surface area contributed by atoms with E-state index in [4.69, 9.17) is 4.74 Å². The minimum atomic E-state index is -0.350.